The average Bonchev–Trinajstić information content (AvgIpc) is 2.68. The maximum Gasteiger partial charge on any atom is 0.253 e. The molecule has 0 bridgehead atoms. The first-order valence-corrected chi connectivity index (χ1v) is 6.84. The minimum atomic E-state index is -0.328. The number of nitrogens with one attached hydrogen (secondary N) is 1. The lowest BCUT2D eigenvalue weighted by Gasteiger charge is -2.29. The van der Waals surface area contributed by atoms with Gasteiger partial charge in [0, 0.05) is 32.1 Å². The quantitative estimate of drug-likeness (QED) is 0.824. The predicted octanol–water partition coefficient (Wildman–Crippen LogP) is 1.63. The topological polar surface area (TPSA) is 67.6 Å². The highest BCUT2D eigenvalue weighted by Gasteiger charge is 2.38. The molecule has 1 aliphatic rings. The lowest BCUT2D eigenvalue weighted by Crippen LogP contribution is -2.50. The van der Waals surface area contributed by atoms with Gasteiger partial charge in [-0.15, -0.1) is 0 Å². The molecule has 20 heavy (non-hydrogen) atoms. The summed E-state index contributed by atoms with van der Waals surface area (Å²) in [4.78, 5) is 14.5. The summed E-state index contributed by atoms with van der Waals surface area (Å²) in [6.45, 7) is 4.68. The Labute approximate surface area is 120 Å². The molecule has 0 spiro atoms. The molecule has 1 saturated heterocycles. The van der Waals surface area contributed by atoms with Crippen molar-refractivity contribution in [2.45, 2.75) is 31.9 Å². The molecule has 1 aromatic carbocycles. The number of hydrogen-bond donors (Lipinski definition) is 2. The lowest BCUT2D eigenvalue weighted by atomic mass is 9.94. The summed E-state index contributed by atoms with van der Waals surface area (Å²) in [6.07, 6.45) is 0.829. The molecule has 2 unspecified atom stereocenters. The number of amides is 1. The van der Waals surface area contributed by atoms with E-state index in [9.17, 15) is 4.79 Å². The monoisotopic (exact) mass is 277 g/mol. The van der Waals surface area contributed by atoms with Gasteiger partial charge in [0.15, 0.2) is 0 Å². The van der Waals surface area contributed by atoms with Crippen molar-refractivity contribution in [3.63, 3.8) is 0 Å². The molecule has 1 heterocycles. The van der Waals surface area contributed by atoms with Gasteiger partial charge in [-0.3, -0.25) is 4.79 Å². The molecule has 1 aromatic rings. The molecule has 110 valence electrons. The van der Waals surface area contributed by atoms with Crippen LogP contribution in [0, 0.1) is 0 Å². The Kier molecular flexibility index (Phi) is 3.90. The van der Waals surface area contributed by atoms with Gasteiger partial charge in [0.05, 0.1) is 17.2 Å². The van der Waals surface area contributed by atoms with Gasteiger partial charge in [-0.05, 0) is 38.5 Å². The SMILES string of the molecule is CC1OCCC1(C)NC(=O)c1cc(N)ccc1N(C)C. The van der Waals surface area contributed by atoms with Crippen molar-refractivity contribution >= 4 is 17.3 Å². The zero-order valence-corrected chi connectivity index (χ0v) is 12.6. The van der Waals surface area contributed by atoms with E-state index in [4.69, 9.17) is 10.5 Å². The highest BCUT2D eigenvalue weighted by molar-refractivity contribution is 6.01. The number of hydrogen-bond acceptors (Lipinski definition) is 4. The summed E-state index contributed by atoms with van der Waals surface area (Å²) in [7, 11) is 3.82. The maximum atomic E-state index is 12.6. The van der Waals surface area contributed by atoms with Crippen LogP contribution in [-0.2, 0) is 4.74 Å². The lowest BCUT2D eigenvalue weighted by molar-refractivity contribution is 0.0728. The van der Waals surface area contributed by atoms with Crippen LogP contribution in [0.5, 0.6) is 0 Å². The first-order chi connectivity index (χ1) is 9.33. The van der Waals surface area contributed by atoms with Crippen LogP contribution < -0.4 is 16.0 Å². The molecule has 5 nitrogen and oxygen atoms in total. The van der Waals surface area contributed by atoms with Crippen molar-refractivity contribution in [1.29, 1.82) is 0 Å². The fraction of sp³-hybridized carbons (Fsp3) is 0.533. The molecular weight excluding hydrogens is 254 g/mol. The molecule has 0 aromatic heterocycles. The molecule has 0 saturated carbocycles. The summed E-state index contributed by atoms with van der Waals surface area (Å²) in [5.41, 5.74) is 7.51. The Morgan fingerprint density at radius 1 is 1.50 bits per heavy atom. The fourth-order valence-electron chi connectivity index (χ4n) is 2.45. The number of rotatable bonds is 3. The van der Waals surface area contributed by atoms with Crippen molar-refractivity contribution in [2.75, 3.05) is 31.3 Å². The van der Waals surface area contributed by atoms with Gasteiger partial charge in [0.25, 0.3) is 5.91 Å². The van der Waals surface area contributed by atoms with Gasteiger partial charge in [-0.1, -0.05) is 0 Å². The summed E-state index contributed by atoms with van der Waals surface area (Å²) >= 11 is 0. The summed E-state index contributed by atoms with van der Waals surface area (Å²) < 4.78 is 5.56. The number of ether oxygens (including phenoxy) is 1. The highest BCUT2D eigenvalue weighted by atomic mass is 16.5. The van der Waals surface area contributed by atoms with Crippen LogP contribution >= 0.6 is 0 Å². The van der Waals surface area contributed by atoms with Crippen LogP contribution in [0.3, 0.4) is 0 Å². The van der Waals surface area contributed by atoms with Crippen molar-refractivity contribution in [2.24, 2.45) is 0 Å². The van der Waals surface area contributed by atoms with E-state index in [1.165, 1.54) is 0 Å². The second-order valence-electron chi connectivity index (χ2n) is 5.81. The number of anilines is 2. The van der Waals surface area contributed by atoms with Crippen molar-refractivity contribution in [1.82, 2.24) is 5.32 Å². The Bertz CT molecular complexity index is 516. The summed E-state index contributed by atoms with van der Waals surface area (Å²) in [6, 6.07) is 5.38. The van der Waals surface area contributed by atoms with Crippen molar-refractivity contribution in [3.8, 4) is 0 Å². The zero-order valence-electron chi connectivity index (χ0n) is 12.6. The first kappa shape index (κ1) is 14.7. The number of carbonyl (C=O) groups is 1. The maximum absolute atomic E-state index is 12.6. The van der Waals surface area contributed by atoms with Gasteiger partial charge < -0.3 is 20.7 Å². The van der Waals surface area contributed by atoms with Gasteiger partial charge in [0.1, 0.15) is 0 Å². The van der Waals surface area contributed by atoms with E-state index in [1.807, 2.05) is 38.9 Å². The summed E-state index contributed by atoms with van der Waals surface area (Å²) in [5, 5.41) is 3.10. The van der Waals surface area contributed by atoms with Crippen molar-refractivity contribution < 1.29 is 9.53 Å². The van der Waals surface area contributed by atoms with Gasteiger partial charge in [-0.2, -0.15) is 0 Å². The van der Waals surface area contributed by atoms with E-state index in [1.54, 1.807) is 12.1 Å². The normalized spacial score (nSPS) is 25.5. The summed E-state index contributed by atoms with van der Waals surface area (Å²) in [5.74, 6) is -0.110. The molecule has 0 aliphatic carbocycles. The Morgan fingerprint density at radius 2 is 2.20 bits per heavy atom. The minimum absolute atomic E-state index is 0.00955. The minimum Gasteiger partial charge on any atom is -0.399 e. The number of nitrogens with two attached hydrogens (primary N) is 1. The van der Waals surface area contributed by atoms with Crippen LogP contribution in [0.4, 0.5) is 11.4 Å². The molecule has 0 radical (unpaired) electrons. The zero-order chi connectivity index (χ0) is 14.9. The Balaban J connectivity index is 2.27. The third-order valence-corrected chi connectivity index (χ3v) is 4.03. The van der Waals surface area contributed by atoms with Crippen LogP contribution in [0.25, 0.3) is 0 Å². The first-order valence-electron chi connectivity index (χ1n) is 6.84. The van der Waals surface area contributed by atoms with Crippen LogP contribution in [-0.4, -0.2) is 38.3 Å². The second kappa shape index (κ2) is 5.32. The van der Waals surface area contributed by atoms with E-state index < -0.39 is 0 Å². The molecule has 1 aliphatic heterocycles. The van der Waals surface area contributed by atoms with Crippen LogP contribution in [0.2, 0.25) is 0 Å². The molecule has 5 heteroatoms. The number of benzene rings is 1. The van der Waals surface area contributed by atoms with Gasteiger partial charge >= 0.3 is 0 Å². The molecule has 2 atom stereocenters. The smallest absolute Gasteiger partial charge is 0.253 e. The van der Waals surface area contributed by atoms with E-state index in [0.29, 0.717) is 17.9 Å². The Hall–Kier alpha value is -1.75. The highest BCUT2D eigenvalue weighted by Crippen LogP contribution is 2.27. The predicted molar refractivity (Wildman–Crippen MR) is 81.1 cm³/mol. The van der Waals surface area contributed by atoms with E-state index >= 15 is 0 Å². The average molecular weight is 277 g/mol. The largest absolute Gasteiger partial charge is 0.399 e. The molecule has 1 fully saturated rings. The molecular formula is C15H23N3O2. The molecule has 2 rings (SSSR count). The van der Waals surface area contributed by atoms with Gasteiger partial charge in [0.2, 0.25) is 0 Å². The van der Waals surface area contributed by atoms with Crippen LogP contribution in [0.1, 0.15) is 30.6 Å². The van der Waals surface area contributed by atoms with E-state index in [2.05, 4.69) is 5.32 Å². The second-order valence-corrected chi connectivity index (χ2v) is 5.81. The fourth-order valence-corrected chi connectivity index (χ4v) is 2.45. The molecule has 1 amide bonds. The third kappa shape index (κ3) is 2.72. The van der Waals surface area contributed by atoms with E-state index in [0.717, 1.165) is 12.1 Å². The van der Waals surface area contributed by atoms with E-state index in [-0.39, 0.29) is 17.6 Å². The standard InChI is InChI=1S/C15H23N3O2/c1-10-15(2,7-8-20-10)17-14(19)12-9-11(16)5-6-13(12)18(3)4/h5-6,9-10H,7-8,16H2,1-4H3,(H,17,19). The number of nitrogens with zero attached hydrogens (tertiary/aromatic N) is 1. The number of nitrogen functional groups attached to an aromatic ring is 1. The molecule has 3 N–H and O–H groups in total. The van der Waals surface area contributed by atoms with Crippen LogP contribution in [0.15, 0.2) is 18.2 Å². The third-order valence-electron chi connectivity index (χ3n) is 4.03. The number of carbonyl (C=O) groups excluding carboxylic acids is 1. The van der Waals surface area contributed by atoms with Gasteiger partial charge in [-0.25, -0.2) is 0 Å². The Morgan fingerprint density at radius 3 is 2.75 bits per heavy atom. The van der Waals surface area contributed by atoms with Crippen molar-refractivity contribution in [3.05, 3.63) is 23.8 Å².